The van der Waals surface area contributed by atoms with Crippen molar-refractivity contribution < 1.29 is 14.3 Å². The zero-order valence-corrected chi connectivity index (χ0v) is 18.7. The van der Waals surface area contributed by atoms with Crippen LogP contribution in [0.15, 0.2) is 48.5 Å². The van der Waals surface area contributed by atoms with Crippen molar-refractivity contribution in [3.63, 3.8) is 0 Å². The lowest BCUT2D eigenvalue weighted by molar-refractivity contribution is -0.124. The number of para-hydroxylation sites is 1. The second-order valence-corrected chi connectivity index (χ2v) is 9.70. The van der Waals surface area contributed by atoms with Crippen molar-refractivity contribution in [2.45, 2.75) is 24.6 Å². The molecule has 2 aromatic carbocycles. The average molecular weight is 438 g/mol. The predicted octanol–water partition coefficient (Wildman–Crippen LogP) is 3.38. The Morgan fingerprint density at radius 1 is 1.03 bits per heavy atom. The Balaban J connectivity index is 1.56. The number of hydrogen-bond donors (Lipinski definition) is 0. The summed E-state index contributed by atoms with van der Waals surface area (Å²) in [7, 11) is 0. The van der Waals surface area contributed by atoms with Crippen LogP contribution in [-0.4, -0.2) is 55.4 Å². The van der Waals surface area contributed by atoms with Gasteiger partial charge in [-0.2, -0.15) is 0 Å². The molecule has 2 aromatic rings. The Hall–Kier alpha value is -2.35. The van der Waals surface area contributed by atoms with Crippen molar-refractivity contribution >= 4 is 35.0 Å². The summed E-state index contributed by atoms with van der Waals surface area (Å²) in [4.78, 5) is 31.9. The van der Waals surface area contributed by atoms with E-state index in [9.17, 15) is 9.59 Å². The van der Waals surface area contributed by atoms with E-state index >= 15 is 0 Å². The molecule has 1 atom stereocenters. The molecule has 6 nitrogen and oxygen atoms in total. The second kappa shape index (κ2) is 7.97. The number of morpholine rings is 1. The van der Waals surface area contributed by atoms with E-state index in [1.54, 1.807) is 4.90 Å². The van der Waals surface area contributed by atoms with Crippen molar-refractivity contribution in [3.05, 3.63) is 59.7 Å². The fraction of sp³-hybridized carbons (Fsp3) is 0.417. The van der Waals surface area contributed by atoms with Gasteiger partial charge in [0.25, 0.3) is 5.91 Å². The van der Waals surface area contributed by atoms with Crippen molar-refractivity contribution in [2.75, 3.05) is 48.5 Å². The Morgan fingerprint density at radius 2 is 1.74 bits per heavy atom. The minimum Gasteiger partial charge on any atom is -0.379 e. The first kappa shape index (κ1) is 20.5. The summed E-state index contributed by atoms with van der Waals surface area (Å²) in [6.07, 6.45) is 0. The molecule has 0 radical (unpaired) electrons. The summed E-state index contributed by atoms with van der Waals surface area (Å²) in [5.74, 6) is 0.629. The first-order valence-electron chi connectivity index (χ1n) is 10.8. The second-order valence-electron chi connectivity index (χ2n) is 8.53. The number of carbonyl (C=O) groups is 2. The van der Waals surface area contributed by atoms with E-state index in [1.807, 2.05) is 41.3 Å². The first-order valence-corrected chi connectivity index (χ1v) is 11.8. The largest absolute Gasteiger partial charge is 0.379 e. The van der Waals surface area contributed by atoms with Crippen LogP contribution in [-0.2, 0) is 19.2 Å². The first-order chi connectivity index (χ1) is 15.0. The Kier molecular flexibility index (Phi) is 5.28. The van der Waals surface area contributed by atoms with Crippen molar-refractivity contribution in [2.24, 2.45) is 0 Å². The van der Waals surface area contributed by atoms with Gasteiger partial charge >= 0.3 is 0 Å². The van der Waals surface area contributed by atoms with Crippen LogP contribution in [0.1, 0.15) is 30.9 Å². The molecule has 7 heteroatoms. The van der Waals surface area contributed by atoms with E-state index in [0.717, 1.165) is 30.0 Å². The lowest BCUT2D eigenvalue weighted by Gasteiger charge is -2.35. The lowest BCUT2D eigenvalue weighted by Crippen LogP contribution is -2.52. The highest BCUT2D eigenvalue weighted by Crippen LogP contribution is 2.55. The summed E-state index contributed by atoms with van der Waals surface area (Å²) in [5, 5.41) is 0. The standard InChI is InChI=1S/C24H27N3O3S/c1-17(2)18-7-9-19(10-8-18)27-22(28)15-31-24(27)20-5-3-4-6-21(20)26(23(24)29)16-25-11-13-30-14-12-25/h3-10,17H,11-16H2,1-2H3/t24-/m1/s1. The summed E-state index contributed by atoms with van der Waals surface area (Å²) in [6.45, 7) is 7.75. The van der Waals surface area contributed by atoms with Gasteiger partial charge in [0.15, 0.2) is 0 Å². The molecule has 3 aliphatic heterocycles. The van der Waals surface area contributed by atoms with E-state index in [4.69, 9.17) is 4.74 Å². The molecule has 5 rings (SSSR count). The molecule has 3 heterocycles. The van der Waals surface area contributed by atoms with E-state index < -0.39 is 4.87 Å². The monoisotopic (exact) mass is 437 g/mol. The van der Waals surface area contributed by atoms with Crippen molar-refractivity contribution in [1.82, 2.24) is 4.90 Å². The molecule has 2 amide bonds. The van der Waals surface area contributed by atoms with Gasteiger partial charge in [0.1, 0.15) is 0 Å². The van der Waals surface area contributed by atoms with Gasteiger partial charge in [0, 0.05) is 24.3 Å². The maximum absolute atomic E-state index is 14.0. The molecule has 0 bridgehead atoms. The van der Waals surface area contributed by atoms with Crippen LogP contribution < -0.4 is 9.80 Å². The third kappa shape index (κ3) is 3.26. The zero-order valence-electron chi connectivity index (χ0n) is 17.9. The SMILES string of the molecule is CC(C)c1ccc(N2C(=O)CS[C@]23C(=O)N(CN2CCOCC2)c2ccccc23)cc1. The van der Waals surface area contributed by atoms with Crippen LogP contribution in [0.2, 0.25) is 0 Å². The van der Waals surface area contributed by atoms with E-state index in [0.29, 0.717) is 25.8 Å². The highest BCUT2D eigenvalue weighted by atomic mass is 32.2. The molecular weight excluding hydrogens is 410 g/mol. The average Bonchev–Trinajstić information content (AvgIpc) is 3.26. The highest BCUT2D eigenvalue weighted by molar-refractivity contribution is 8.02. The summed E-state index contributed by atoms with van der Waals surface area (Å²) in [5.41, 5.74) is 3.78. The molecule has 3 aliphatic rings. The number of nitrogens with zero attached hydrogens (tertiary/aromatic N) is 3. The smallest absolute Gasteiger partial charge is 0.269 e. The molecule has 0 aromatic heterocycles. The van der Waals surface area contributed by atoms with Crippen molar-refractivity contribution in [1.29, 1.82) is 0 Å². The van der Waals surface area contributed by atoms with Gasteiger partial charge in [-0.3, -0.25) is 24.3 Å². The number of amides is 2. The topological polar surface area (TPSA) is 53.1 Å². The number of carbonyl (C=O) groups excluding carboxylic acids is 2. The van der Waals surface area contributed by atoms with Gasteiger partial charge in [-0.05, 0) is 29.7 Å². The summed E-state index contributed by atoms with van der Waals surface area (Å²) in [6, 6.07) is 16.0. The molecular formula is C24H27N3O3S. The van der Waals surface area contributed by atoms with Crippen LogP contribution in [0.3, 0.4) is 0 Å². The molecule has 162 valence electrons. The number of fused-ring (bicyclic) bond motifs is 2. The van der Waals surface area contributed by atoms with Gasteiger partial charge in [-0.25, -0.2) is 0 Å². The quantitative estimate of drug-likeness (QED) is 0.734. The number of thioether (sulfide) groups is 1. The van der Waals surface area contributed by atoms with Gasteiger partial charge in [0.05, 0.1) is 31.3 Å². The fourth-order valence-corrected chi connectivity index (χ4v) is 6.01. The van der Waals surface area contributed by atoms with Crippen LogP contribution in [0.4, 0.5) is 11.4 Å². The van der Waals surface area contributed by atoms with E-state index in [-0.39, 0.29) is 17.6 Å². The maximum Gasteiger partial charge on any atom is 0.269 e. The molecule has 0 aliphatic carbocycles. The van der Waals surface area contributed by atoms with Gasteiger partial charge < -0.3 is 4.74 Å². The number of rotatable bonds is 4. The van der Waals surface area contributed by atoms with Crippen LogP contribution in [0.5, 0.6) is 0 Å². The van der Waals surface area contributed by atoms with Gasteiger partial charge in [-0.15, -0.1) is 11.8 Å². The number of anilines is 2. The van der Waals surface area contributed by atoms with E-state index in [2.05, 4.69) is 30.9 Å². The predicted molar refractivity (Wildman–Crippen MR) is 123 cm³/mol. The molecule has 2 fully saturated rings. The summed E-state index contributed by atoms with van der Waals surface area (Å²) >= 11 is 1.43. The van der Waals surface area contributed by atoms with Gasteiger partial charge in [0.2, 0.25) is 10.8 Å². The molecule has 31 heavy (non-hydrogen) atoms. The minimum absolute atomic E-state index is 0.0290. The van der Waals surface area contributed by atoms with Crippen LogP contribution in [0, 0.1) is 0 Å². The van der Waals surface area contributed by atoms with E-state index in [1.165, 1.54) is 17.3 Å². The normalized spacial score (nSPS) is 24.0. The Labute approximate surface area is 187 Å². The zero-order chi connectivity index (χ0) is 21.6. The molecule has 1 spiro atoms. The number of hydrogen-bond acceptors (Lipinski definition) is 5. The number of benzene rings is 2. The van der Waals surface area contributed by atoms with Gasteiger partial charge in [-0.1, -0.05) is 44.2 Å². The van der Waals surface area contributed by atoms with Crippen LogP contribution in [0.25, 0.3) is 0 Å². The highest BCUT2D eigenvalue weighted by Gasteiger charge is 2.61. The minimum atomic E-state index is -1.04. The third-order valence-electron chi connectivity index (χ3n) is 6.33. The summed E-state index contributed by atoms with van der Waals surface area (Å²) < 4.78 is 5.47. The fourth-order valence-electron chi connectivity index (χ4n) is 4.65. The molecule has 0 unspecified atom stereocenters. The molecule has 0 N–H and O–H groups in total. The molecule has 0 saturated carbocycles. The Bertz CT molecular complexity index is 1000. The molecule has 2 saturated heterocycles. The third-order valence-corrected chi connectivity index (χ3v) is 7.71. The number of ether oxygens (including phenoxy) is 1. The Morgan fingerprint density at radius 3 is 2.45 bits per heavy atom. The maximum atomic E-state index is 14.0. The van der Waals surface area contributed by atoms with Crippen molar-refractivity contribution in [3.8, 4) is 0 Å². The lowest BCUT2D eigenvalue weighted by atomic mass is 10.0. The van der Waals surface area contributed by atoms with Crippen LogP contribution >= 0.6 is 11.8 Å².